The van der Waals surface area contributed by atoms with Crippen molar-refractivity contribution in [2.45, 2.75) is 20.0 Å². The molecule has 0 radical (unpaired) electrons. The normalized spacial score (nSPS) is 9.08. The average Bonchev–Trinajstić information content (AvgIpc) is 2.04. The van der Waals surface area contributed by atoms with E-state index < -0.39 is 6.09 Å². The van der Waals surface area contributed by atoms with Crippen LogP contribution in [-0.2, 0) is 14.2 Å². The summed E-state index contributed by atoms with van der Waals surface area (Å²) in [6.07, 6.45) is 0.714. The summed E-state index contributed by atoms with van der Waals surface area (Å²) in [6.45, 7) is 3.33. The number of nitrogens with zero attached hydrogens (tertiary/aromatic N) is 1. The molecular formula is C7H12N2O4. The topological polar surface area (TPSA) is 80.6 Å². The smallest absolute Gasteiger partial charge is 0.411 e. The van der Waals surface area contributed by atoms with Gasteiger partial charge in [0.25, 0.3) is 6.26 Å². The first-order valence-corrected chi connectivity index (χ1v) is 3.70. The van der Waals surface area contributed by atoms with Crippen LogP contribution < -0.4 is 5.32 Å². The molecule has 0 fully saturated rings. The van der Waals surface area contributed by atoms with Crippen molar-refractivity contribution in [3.8, 4) is 6.26 Å². The zero-order valence-corrected chi connectivity index (χ0v) is 7.57. The molecule has 0 saturated heterocycles. The van der Waals surface area contributed by atoms with Crippen LogP contribution in [0.15, 0.2) is 0 Å². The number of hydrogen-bond donors (Lipinski definition) is 1. The zero-order valence-electron chi connectivity index (χ0n) is 7.57. The first-order chi connectivity index (χ1) is 6.16. The molecule has 0 aromatic carbocycles. The Morgan fingerprint density at radius 2 is 2.31 bits per heavy atom. The molecule has 6 heteroatoms. The largest absolute Gasteiger partial charge is 0.422 e. The fraction of sp³-hybridized carbons (Fsp3) is 0.714. The summed E-state index contributed by atoms with van der Waals surface area (Å²) < 4.78 is 13.7. The highest BCUT2D eigenvalue weighted by Crippen LogP contribution is 1.87. The highest BCUT2D eigenvalue weighted by Gasteiger charge is 2.00. The summed E-state index contributed by atoms with van der Waals surface area (Å²) in [4.78, 5) is 10.7. The quantitative estimate of drug-likeness (QED) is 0.387. The van der Waals surface area contributed by atoms with E-state index >= 15 is 0 Å². The number of nitrogens with one attached hydrogen (secondary N) is 1. The van der Waals surface area contributed by atoms with Crippen molar-refractivity contribution < 1.29 is 19.0 Å². The molecule has 0 saturated carbocycles. The van der Waals surface area contributed by atoms with Crippen LogP contribution in [0, 0.1) is 11.5 Å². The lowest BCUT2D eigenvalue weighted by molar-refractivity contribution is -0.0448. The van der Waals surface area contributed by atoms with Gasteiger partial charge < -0.3 is 14.2 Å². The minimum atomic E-state index is -0.684. The third kappa shape index (κ3) is 8.43. The van der Waals surface area contributed by atoms with Gasteiger partial charge in [-0.2, -0.15) is 5.26 Å². The van der Waals surface area contributed by atoms with Gasteiger partial charge in [-0.05, 0) is 13.8 Å². The Labute approximate surface area is 76.4 Å². The third-order valence-corrected chi connectivity index (χ3v) is 0.945. The highest BCUT2D eigenvalue weighted by atomic mass is 16.7. The van der Waals surface area contributed by atoms with Gasteiger partial charge in [0.15, 0.2) is 13.5 Å². The van der Waals surface area contributed by atoms with Crippen molar-refractivity contribution in [1.29, 1.82) is 5.26 Å². The second-order valence-corrected chi connectivity index (χ2v) is 2.32. The maximum atomic E-state index is 10.7. The molecule has 0 aliphatic rings. The molecule has 0 rings (SSSR count). The molecule has 0 aliphatic heterocycles. The number of rotatable bonds is 5. The van der Waals surface area contributed by atoms with Crippen molar-refractivity contribution in [2.75, 3.05) is 13.5 Å². The molecule has 74 valence electrons. The van der Waals surface area contributed by atoms with Crippen LogP contribution in [-0.4, -0.2) is 25.7 Å². The number of ether oxygens (including phenoxy) is 3. The number of alkyl carbamates (subject to hydrolysis) is 1. The molecule has 0 spiro atoms. The van der Waals surface area contributed by atoms with Crippen LogP contribution in [0.1, 0.15) is 13.8 Å². The lowest BCUT2D eigenvalue weighted by Gasteiger charge is -2.08. The van der Waals surface area contributed by atoms with Crippen LogP contribution in [0.2, 0.25) is 0 Å². The Balaban J connectivity index is 3.26. The molecule has 0 bridgehead atoms. The molecule has 1 N–H and O–H groups in total. The molecule has 0 heterocycles. The van der Waals surface area contributed by atoms with E-state index in [-0.39, 0.29) is 19.6 Å². The summed E-state index contributed by atoms with van der Waals surface area (Å²) in [5.74, 6) is 0. The van der Waals surface area contributed by atoms with Gasteiger partial charge in [-0.15, -0.1) is 0 Å². The first-order valence-electron chi connectivity index (χ1n) is 3.70. The Kier molecular flexibility index (Phi) is 6.37. The molecule has 6 nitrogen and oxygen atoms in total. The fourth-order valence-electron chi connectivity index (χ4n) is 0.402. The van der Waals surface area contributed by atoms with E-state index in [1.165, 1.54) is 6.26 Å². The molecule has 0 aliphatic carbocycles. The fourth-order valence-corrected chi connectivity index (χ4v) is 0.402. The van der Waals surface area contributed by atoms with Crippen LogP contribution in [0.5, 0.6) is 0 Å². The Hall–Kier alpha value is -1.48. The Morgan fingerprint density at radius 3 is 2.85 bits per heavy atom. The number of hydrogen-bond acceptors (Lipinski definition) is 5. The van der Waals surface area contributed by atoms with Gasteiger partial charge >= 0.3 is 6.09 Å². The minimum absolute atomic E-state index is 0.00292. The maximum absolute atomic E-state index is 10.7. The van der Waals surface area contributed by atoms with Gasteiger partial charge in [-0.3, -0.25) is 5.32 Å². The van der Waals surface area contributed by atoms with Gasteiger partial charge in [-0.1, -0.05) is 0 Å². The van der Waals surface area contributed by atoms with Crippen LogP contribution >= 0.6 is 0 Å². The predicted octanol–water partition coefficient (Wildman–Crippen LogP) is 0.550. The highest BCUT2D eigenvalue weighted by molar-refractivity contribution is 5.66. The number of amides is 1. The predicted molar refractivity (Wildman–Crippen MR) is 42.3 cm³/mol. The minimum Gasteiger partial charge on any atom is -0.422 e. The Morgan fingerprint density at radius 1 is 1.62 bits per heavy atom. The molecule has 1 amide bonds. The maximum Gasteiger partial charge on any atom is 0.411 e. The number of nitriles is 1. The van der Waals surface area contributed by atoms with Crippen LogP contribution in [0.25, 0.3) is 0 Å². The Bertz CT molecular complexity index is 187. The van der Waals surface area contributed by atoms with E-state index in [0.717, 1.165) is 0 Å². The van der Waals surface area contributed by atoms with Gasteiger partial charge in [0.1, 0.15) is 0 Å². The molecule has 13 heavy (non-hydrogen) atoms. The molecule has 0 unspecified atom stereocenters. The summed E-state index contributed by atoms with van der Waals surface area (Å²) in [6, 6.07) is 0. The van der Waals surface area contributed by atoms with E-state index in [1.54, 1.807) is 0 Å². The average molecular weight is 188 g/mol. The van der Waals surface area contributed by atoms with Crippen molar-refractivity contribution in [1.82, 2.24) is 5.32 Å². The van der Waals surface area contributed by atoms with Gasteiger partial charge in [0, 0.05) is 0 Å². The summed E-state index contributed by atoms with van der Waals surface area (Å²) in [5, 5.41) is 10.1. The second kappa shape index (κ2) is 7.18. The number of carbonyl (C=O) groups excluding carboxylic acids is 1. The van der Waals surface area contributed by atoms with Crippen LogP contribution in [0.4, 0.5) is 4.79 Å². The summed E-state index contributed by atoms with van der Waals surface area (Å²) in [5.41, 5.74) is 0. The van der Waals surface area contributed by atoms with E-state index in [4.69, 9.17) is 10.00 Å². The second-order valence-electron chi connectivity index (χ2n) is 2.32. The van der Waals surface area contributed by atoms with Gasteiger partial charge in [0.05, 0.1) is 6.10 Å². The van der Waals surface area contributed by atoms with Crippen molar-refractivity contribution in [2.24, 2.45) is 0 Å². The third-order valence-electron chi connectivity index (χ3n) is 0.945. The SMILES string of the molecule is CC(C)OCOC(=O)NCOC#N. The van der Waals surface area contributed by atoms with E-state index in [0.29, 0.717) is 0 Å². The summed E-state index contributed by atoms with van der Waals surface area (Å²) >= 11 is 0. The van der Waals surface area contributed by atoms with Crippen molar-refractivity contribution in [3.05, 3.63) is 0 Å². The zero-order chi connectivity index (χ0) is 10.1. The van der Waals surface area contributed by atoms with E-state index in [9.17, 15) is 4.79 Å². The van der Waals surface area contributed by atoms with E-state index in [2.05, 4.69) is 14.8 Å². The lowest BCUT2D eigenvalue weighted by atomic mass is 10.5. The molecule has 0 atom stereocenters. The van der Waals surface area contributed by atoms with Gasteiger partial charge in [0.2, 0.25) is 0 Å². The van der Waals surface area contributed by atoms with Crippen molar-refractivity contribution in [3.63, 3.8) is 0 Å². The number of carbonyl (C=O) groups is 1. The molecule has 0 aromatic rings. The van der Waals surface area contributed by atoms with Crippen molar-refractivity contribution >= 4 is 6.09 Å². The molecule has 0 aromatic heterocycles. The van der Waals surface area contributed by atoms with E-state index in [1.807, 2.05) is 13.8 Å². The standard InChI is InChI=1S/C7H12N2O4/c1-6(2)12-5-13-7(10)9-4-11-3-8/h6H,4-5H2,1-2H3,(H,9,10). The van der Waals surface area contributed by atoms with Gasteiger partial charge in [-0.25, -0.2) is 4.79 Å². The lowest BCUT2D eigenvalue weighted by Crippen LogP contribution is -2.27. The monoisotopic (exact) mass is 188 g/mol. The first kappa shape index (κ1) is 11.5. The van der Waals surface area contributed by atoms with Crippen LogP contribution in [0.3, 0.4) is 0 Å². The summed E-state index contributed by atoms with van der Waals surface area (Å²) in [7, 11) is 0. The molecular weight excluding hydrogens is 176 g/mol.